The molecule has 2 rings (SSSR count). The number of allylic oxidation sites excluding steroid dienone is 1. The molecule has 0 spiro atoms. The Bertz CT molecular complexity index is 720. The molecule has 1 aromatic carbocycles. The van der Waals surface area contributed by atoms with Crippen LogP contribution in [-0.4, -0.2) is 25.5 Å². The van der Waals surface area contributed by atoms with Gasteiger partial charge in [-0.2, -0.15) is 5.26 Å². The molecule has 0 saturated heterocycles. The van der Waals surface area contributed by atoms with E-state index in [1.165, 1.54) is 12.6 Å². The van der Waals surface area contributed by atoms with E-state index >= 15 is 0 Å². The molecule has 4 nitrogen and oxygen atoms in total. The molecule has 1 aliphatic heterocycles. The average Bonchev–Trinajstić information content (AvgIpc) is 2.49. The molecule has 0 saturated carbocycles. The molecular formula is C18H21N3O. The quantitative estimate of drug-likeness (QED) is 0.674. The zero-order chi connectivity index (χ0) is 16.5. The minimum atomic E-state index is -0.370. The number of hydrogen-bond donors (Lipinski definition) is 1. The van der Waals surface area contributed by atoms with Crippen molar-refractivity contribution in [3.8, 4) is 6.07 Å². The maximum Gasteiger partial charge on any atom is 0.261 e. The summed E-state index contributed by atoms with van der Waals surface area (Å²) in [5.41, 5.74) is 4.40. The fraction of sp³-hybridized carbons (Fsp3) is 0.333. The van der Waals surface area contributed by atoms with Crippen LogP contribution in [0.4, 0.5) is 5.69 Å². The van der Waals surface area contributed by atoms with Crippen molar-refractivity contribution < 1.29 is 4.79 Å². The van der Waals surface area contributed by atoms with E-state index in [1.807, 2.05) is 24.3 Å². The fourth-order valence-corrected chi connectivity index (χ4v) is 2.72. The molecule has 114 valence electrons. The molecule has 1 heterocycles. The summed E-state index contributed by atoms with van der Waals surface area (Å²) in [6.45, 7) is 6.43. The van der Waals surface area contributed by atoms with Gasteiger partial charge in [-0.25, -0.2) is 0 Å². The van der Waals surface area contributed by atoms with E-state index in [9.17, 15) is 4.79 Å². The number of fused-ring (bicyclic) bond motifs is 1. The van der Waals surface area contributed by atoms with Crippen molar-refractivity contribution in [3.05, 3.63) is 41.0 Å². The molecule has 0 aliphatic carbocycles. The number of amides is 1. The van der Waals surface area contributed by atoms with Gasteiger partial charge >= 0.3 is 0 Å². The highest BCUT2D eigenvalue weighted by Crippen LogP contribution is 2.38. The van der Waals surface area contributed by atoms with E-state index < -0.39 is 0 Å². The van der Waals surface area contributed by atoms with Crippen LogP contribution in [0.15, 0.2) is 29.8 Å². The molecule has 0 bridgehead atoms. The summed E-state index contributed by atoms with van der Waals surface area (Å²) in [6, 6.07) is 7.93. The predicted octanol–water partition coefficient (Wildman–Crippen LogP) is 2.97. The van der Waals surface area contributed by atoms with Crippen LogP contribution in [0.5, 0.6) is 0 Å². The maximum absolute atomic E-state index is 11.6. The molecule has 1 amide bonds. The van der Waals surface area contributed by atoms with Crippen LogP contribution in [-0.2, 0) is 4.79 Å². The molecule has 0 unspecified atom stereocenters. The van der Waals surface area contributed by atoms with Crippen molar-refractivity contribution in [3.63, 3.8) is 0 Å². The second-order valence-corrected chi connectivity index (χ2v) is 6.07. The molecular weight excluding hydrogens is 274 g/mol. The van der Waals surface area contributed by atoms with E-state index in [4.69, 9.17) is 5.26 Å². The Hall–Kier alpha value is -2.54. The van der Waals surface area contributed by atoms with Crippen LogP contribution in [0.25, 0.3) is 11.6 Å². The first-order valence-electron chi connectivity index (χ1n) is 7.21. The SMILES string of the molecule is CNC(=O)/C(C#N)=C/c1ccc2c(c1)C(C)=CC(C)(C)N2C. The van der Waals surface area contributed by atoms with Gasteiger partial charge in [0, 0.05) is 25.3 Å². The molecule has 22 heavy (non-hydrogen) atoms. The normalized spacial score (nSPS) is 16.5. The van der Waals surface area contributed by atoms with Crippen molar-refractivity contribution in [2.75, 3.05) is 19.0 Å². The monoisotopic (exact) mass is 295 g/mol. The van der Waals surface area contributed by atoms with E-state index in [0.29, 0.717) is 0 Å². The van der Waals surface area contributed by atoms with Gasteiger partial charge < -0.3 is 10.2 Å². The third-order valence-electron chi connectivity index (χ3n) is 4.14. The topological polar surface area (TPSA) is 56.1 Å². The number of anilines is 1. The molecule has 0 aromatic heterocycles. The third-order valence-corrected chi connectivity index (χ3v) is 4.14. The Labute approximate surface area is 131 Å². The lowest BCUT2D eigenvalue weighted by Gasteiger charge is -2.40. The van der Waals surface area contributed by atoms with Crippen LogP contribution >= 0.6 is 0 Å². The Morgan fingerprint density at radius 1 is 1.41 bits per heavy atom. The van der Waals surface area contributed by atoms with Gasteiger partial charge in [0.05, 0.1) is 5.54 Å². The summed E-state index contributed by atoms with van der Waals surface area (Å²) in [6.07, 6.45) is 3.85. The zero-order valence-electron chi connectivity index (χ0n) is 13.7. The Balaban J connectivity index is 2.50. The fourth-order valence-electron chi connectivity index (χ4n) is 2.72. The van der Waals surface area contributed by atoms with E-state index in [-0.39, 0.29) is 17.0 Å². The highest BCUT2D eigenvalue weighted by molar-refractivity contribution is 6.01. The minimum absolute atomic E-state index is 0.0334. The van der Waals surface area contributed by atoms with Gasteiger partial charge in [0.15, 0.2) is 0 Å². The van der Waals surface area contributed by atoms with E-state index in [0.717, 1.165) is 16.8 Å². The number of hydrogen-bond acceptors (Lipinski definition) is 3. The highest BCUT2D eigenvalue weighted by Gasteiger charge is 2.28. The maximum atomic E-state index is 11.6. The van der Waals surface area contributed by atoms with Gasteiger partial charge in [-0.15, -0.1) is 0 Å². The molecule has 1 N–H and O–H groups in total. The van der Waals surface area contributed by atoms with Gasteiger partial charge in [0.25, 0.3) is 5.91 Å². The van der Waals surface area contributed by atoms with E-state index in [2.05, 4.69) is 44.1 Å². The van der Waals surface area contributed by atoms with Crippen molar-refractivity contribution in [1.82, 2.24) is 5.32 Å². The molecule has 4 heteroatoms. The van der Waals surface area contributed by atoms with E-state index in [1.54, 1.807) is 6.08 Å². The summed E-state index contributed by atoms with van der Waals surface area (Å²) in [5.74, 6) is -0.370. The lowest BCUT2D eigenvalue weighted by molar-refractivity contribution is -0.116. The van der Waals surface area contributed by atoms with Crippen LogP contribution in [0, 0.1) is 11.3 Å². The number of rotatable bonds is 2. The Morgan fingerprint density at radius 3 is 2.68 bits per heavy atom. The van der Waals surface area contributed by atoms with Crippen molar-refractivity contribution in [2.45, 2.75) is 26.3 Å². The zero-order valence-corrected chi connectivity index (χ0v) is 13.7. The number of nitriles is 1. The summed E-state index contributed by atoms with van der Waals surface area (Å²) in [7, 11) is 3.59. The summed E-state index contributed by atoms with van der Waals surface area (Å²) >= 11 is 0. The minimum Gasteiger partial charge on any atom is -0.366 e. The number of likely N-dealkylation sites (N-methyl/N-ethyl adjacent to an activating group) is 2. The lowest BCUT2D eigenvalue weighted by Crippen LogP contribution is -2.42. The van der Waals surface area contributed by atoms with Gasteiger partial charge in [0.1, 0.15) is 11.6 Å². The van der Waals surface area contributed by atoms with Crippen LogP contribution in [0.1, 0.15) is 31.9 Å². The summed E-state index contributed by atoms with van der Waals surface area (Å²) < 4.78 is 0. The molecule has 1 aliphatic rings. The molecule has 0 radical (unpaired) electrons. The molecule has 0 fully saturated rings. The first-order chi connectivity index (χ1) is 10.3. The second-order valence-electron chi connectivity index (χ2n) is 6.07. The van der Waals surface area contributed by atoms with Gasteiger partial charge in [-0.05, 0) is 50.1 Å². The third kappa shape index (κ3) is 2.75. The molecule has 0 atom stereocenters. The van der Waals surface area contributed by atoms with Gasteiger partial charge in [-0.3, -0.25) is 4.79 Å². The number of benzene rings is 1. The number of carbonyl (C=O) groups is 1. The predicted molar refractivity (Wildman–Crippen MR) is 90.2 cm³/mol. The van der Waals surface area contributed by atoms with Crippen molar-refractivity contribution in [2.24, 2.45) is 0 Å². The van der Waals surface area contributed by atoms with Crippen LogP contribution in [0.3, 0.4) is 0 Å². The number of nitrogens with one attached hydrogen (secondary N) is 1. The standard InChI is InChI=1S/C18H21N3O/c1-12-10-18(2,3)21(5)16-7-6-13(9-15(12)16)8-14(11-19)17(22)20-4/h6-10H,1-5H3,(H,20,22)/b14-8+. The first-order valence-corrected chi connectivity index (χ1v) is 7.21. The Morgan fingerprint density at radius 2 is 2.09 bits per heavy atom. The van der Waals surface area contributed by atoms with Crippen LogP contribution < -0.4 is 10.2 Å². The summed E-state index contributed by atoms with van der Waals surface area (Å²) in [4.78, 5) is 13.8. The first kappa shape index (κ1) is 15.8. The summed E-state index contributed by atoms with van der Waals surface area (Å²) in [5, 5.41) is 11.6. The smallest absolute Gasteiger partial charge is 0.261 e. The average molecular weight is 295 g/mol. The largest absolute Gasteiger partial charge is 0.366 e. The van der Waals surface area contributed by atoms with Gasteiger partial charge in [0.2, 0.25) is 0 Å². The number of nitrogens with zero attached hydrogens (tertiary/aromatic N) is 2. The molecule has 1 aromatic rings. The second kappa shape index (κ2) is 5.69. The lowest BCUT2D eigenvalue weighted by atomic mass is 9.88. The Kier molecular flexibility index (Phi) is 4.09. The van der Waals surface area contributed by atoms with Gasteiger partial charge in [-0.1, -0.05) is 12.1 Å². The van der Waals surface area contributed by atoms with Crippen molar-refractivity contribution in [1.29, 1.82) is 5.26 Å². The van der Waals surface area contributed by atoms with Crippen molar-refractivity contribution >= 4 is 23.2 Å². The number of carbonyl (C=O) groups excluding carboxylic acids is 1. The highest BCUT2D eigenvalue weighted by atomic mass is 16.1. The van der Waals surface area contributed by atoms with Crippen LogP contribution in [0.2, 0.25) is 0 Å².